The molecule has 0 unspecified atom stereocenters. The number of carbonyl (C=O) groups is 1. The standard InChI is InChI=1S/C19H25N3O2/c1-21-13-16(24-3)11-15(21)12-22(2)19(23)18-10-9-17(20-18)14-7-5-4-6-8-14/h4-10,15-16,20H,11-13H2,1-3H3/t15-,16-/m0/s1. The van der Waals surface area contributed by atoms with E-state index in [4.69, 9.17) is 4.74 Å². The molecular formula is C19H25N3O2. The maximum absolute atomic E-state index is 12.7. The van der Waals surface area contributed by atoms with Crippen molar-refractivity contribution in [2.45, 2.75) is 18.6 Å². The zero-order valence-electron chi connectivity index (χ0n) is 14.5. The molecule has 5 nitrogen and oxygen atoms in total. The molecule has 1 aromatic carbocycles. The SMILES string of the molecule is CO[C@H]1C[C@@H](CN(C)C(=O)c2ccc(-c3ccccc3)[nH]2)N(C)C1. The van der Waals surface area contributed by atoms with Crippen molar-refractivity contribution in [2.75, 3.05) is 34.3 Å². The van der Waals surface area contributed by atoms with Crippen LogP contribution < -0.4 is 0 Å². The van der Waals surface area contributed by atoms with E-state index in [0.717, 1.165) is 24.2 Å². The molecule has 0 aliphatic carbocycles. The zero-order valence-corrected chi connectivity index (χ0v) is 14.5. The number of aromatic nitrogens is 1. The predicted octanol–water partition coefficient (Wildman–Crippen LogP) is 2.47. The van der Waals surface area contributed by atoms with Crippen molar-refractivity contribution >= 4 is 5.91 Å². The summed E-state index contributed by atoms with van der Waals surface area (Å²) in [6.07, 6.45) is 1.23. The van der Waals surface area contributed by atoms with Crippen LogP contribution in [0, 0.1) is 0 Å². The Morgan fingerprint density at radius 1 is 1.29 bits per heavy atom. The van der Waals surface area contributed by atoms with Crippen LogP contribution in [0.4, 0.5) is 0 Å². The Bertz CT molecular complexity index is 683. The summed E-state index contributed by atoms with van der Waals surface area (Å²) in [5.74, 6) is 0.0199. The van der Waals surface area contributed by atoms with E-state index in [9.17, 15) is 4.79 Å². The van der Waals surface area contributed by atoms with Crippen molar-refractivity contribution in [3.05, 3.63) is 48.2 Å². The number of hydrogen-bond donors (Lipinski definition) is 1. The second kappa shape index (κ2) is 7.20. The number of amides is 1. The molecule has 5 heteroatoms. The highest BCUT2D eigenvalue weighted by Gasteiger charge is 2.31. The molecule has 1 N–H and O–H groups in total. The predicted molar refractivity (Wildman–Crippen MR) is 95.0 cm³/mol. The number of likely N-dealkylation sites (N-methyl/N-ethyl adjacent to an activating group) is 2. The topological polar surface area (TPSA) is 48.6 Å². The average Bonchev–Trinajstić information content (AvgIpc) is 3.22. The first kappa shape index (κ1) is 16.7. The van der Waals surface area contributed by atoms with Crippen molar-refractivity contribution in [2.24, 2.45) is 0 Å². The average molecular weight is 327 g/mol. The van der Waals surface area contributed by atoms with Crippen LogP contribution in [-0.2, 0) is 4.74 Å². The summed E-state index contributed by atoms with van der Waals surface area (Å²) >= 11 is 0. The normalized spacial score (nSPS) is 21.1. The summed E-state index contributed by atoms with van der Waals surface area (Å²) < 4.78 is 5.44. The summed E-state index contributed by atoms with van der Waals surface area (Å²) in [6, 6.07) is 14.2. The van der Waals surface area contributed by atoms with E-state index >= 15 is 0 Å². The van der Waals surface area contributed by atoms with Crippen molar-refractivity contribution in [1.29, 1.82) is 0 Å². The van der Waals surface area contributed by atoms with Gasteiger partial charge in [0.1, 0.15) is 5.69 Å². The van der Waals surface area contributed by atoms with Gasteiger partial charge in [0.15, 0.2) is 0 Å². The van der Waals surface area contributed by atoms with Gasteiger partial charge in [-0.15, -0.1) is 0 Å². The fourth-order valence-electron chi connectivity index (χ4n) is 3.32. The van der Waals surface area contributed by atoms with Gasteiger partial charge in [-0.3, -0.25) is 9.69 Å². The summed E-state index contributed by atoms with van der Waals surface area (Å²) in [7, 11) is 5.70. The first-order chi connectivity index (χ1) is 11.6. The smallest absolute Gasteiger partial charge is 0.270 e. The van der Waals surface area contributed by atoms with Crippen LogP contribution in [0.1, 0.15) is 16.9 Å². The number of hydrogen-bond acceptors (Lipinski definition) is 3. The van der Waals surface area contributed by atoms with Crippen LogP contribution in [0.5, 0.6) is 0 Å². The number of ether oxygens (including phenoxy) is 1. The Morgan fingerprint density at radius 3 is 2.71 bits per heavy atom. The number of benzene rings is 1. The third-order valence-electron chi connectivity index (χ3n) is 4.82. The van der Waals surface area contributed by atoms with Crippen LogP contribution in [0.2, 0.25) is 0 Å². The quantitative estimate of drug-likeness (QED) is 0.918. The van der Waals surface area contributed by atoms with E-state index in [1.54, 1.807) is 12.0 Å². The Kier molecular flexibility index (Phi) is 5.02. The van der Waals surface area contributed by atoms with Gasteiger partial charge < -0.3 is 14.6 Å². The third-order valence-corrected chi connectivity index (χ3v) is 4.82. The Balaban J connectivity index is 1.65. The van der Waals surface area contributed by atoms with Crippen LogP contribution >= 0.6 is 0 Å². The third kappa shape index (κ3) is 3.52. The number of H-pyrrole nitrogens is 1. The monoisotopic (exact) mass is 327 g/mol. The summed E-state index contributed by atoms with van der Waals surface area (Å²) in [4.78, 5) is 20.0. The number of likely N-dealkylation sites (tertiary alicyclic amines) is 1. The number of aromatic amines is 1. The Hall–Kier alpha value is -2.11. The van der Waals surface area contributed by atoms with Crippen molar-refractivity contribution < 1.29 is 9.53 Å². The highest BCUT2D eigenvalue weighted by molar-refractivity contribution is 5.93. The van der Waals surface area contributed by atoms with Gasteiger partial charge in [-0.2, -0.15) is 0 Å². The Labute approximate surface area is 143 Å². The van der Waals surface area contributed by atoms with Gasteiger partial charge in [-0.1, -0.05) is 30.3 Å². The number of nitrogens with zero attached hydrogens (tertiary/aromatic N) is 2. The molecule has 2 aromatic rings. The van der Waals surface area contributed by atoms with Crippen molar-refractivity contribution in [3.63, 3.8) is 0 Å². The maximum atomic E-state index is 12.7. The van der Waals surface area contributed by atoms with Crippen LogP contribution in [-0.4, -0.2) is 67.1 Å². The number of methoxy groups -OCH3 is 1. The minimum Gasteiger partial charge on any atom is -0.380 e. The first-order valence-corrected chi connectivity index (χ1v) is 8.31. The van der Waals surface area contributed by atoms with Crippen LogP contribution in [0.15, 0.2) is 42.5 Å². The molecule has 3 rings (SSSR count). The lowest BCUT2D eigenvalue weighted by atomic mass is 10.2. The number of nitrogens with one attached hydrogen (secondary N) is 1. The molecule has 1 fully saturated rings. The molecule has 0 radical (unpaired) electrons. The van der Waals surface area contributed by atoms with E-state index in [2.05, 4.69) is 16.9 Å². The molecule has 1 aliphatic heterocycles. The van der Waals surface area contributed by atoms with E-state index in [1.807, 2.05) is 49.5 Å². The lowest BCUT2D eigenvalue weighted by Crippen LogP contribution is -2.39. The highest BCUT2D eigenvalue weighted by atomic mass is 16.5. The molecule has 1 saturated heterocycles. The van der Waals surface area contributed by atoms with Crippen molar-refractivity contribution in [3.8, 4) is 11.3 Å². The van der Waals surface area contributed by atoms with Gasteiger partial charge in [-0.05, 0) is 31.2 Å². The highest BCUT2D eigenvalue weighted by Crippen LogP contribution is 2.21. The molecule has 1 amide bonds. The lowest BCUT2D eigenvalue weighted by molar-refractivity contribution is 0.0755. The van der Waals surface area contributed by atoms with Gasteiger partial charge in [0.2, 0.25) is 0 Å². The largest absolute Gasteiger partial charge is 0.380 e. The van der Waals surface area contributed by atoms with E-state index in [1.165, 1.54) is 0 Å². The molecule has 0 saturated carbocycles. The second-order valence-electron chi connectivity index (χ2n) is 6.52. The number of rotatable bonds is 5. The van der Waals surface area contributed by atoms with E-state index < -0.39 is 0 Å². The molecule has 1 aromatic heterocycles. The molecule has 2 heterocycles. The lowest BCUT2D eigenvalue weighted by Gasteiger charge is -2.25. The van der Waals surface area contributed by atoms with Gasteiger partial charge >= 0.3 is 0 Å². The Morgan fingerprint density at radius 2 is 2.04 bits per heavy atom. The van der Waals surface area contributed by atoms with Gasteiger partial charge in [0.05, 0.1) is 6.10 Å². The van der Waals surface area contributed by atoms with Crippen LogP contribution in [0.25, 0.3) is 11.3 Å². The molecule has 0 bridgehead atoms. The fraction of sp³-hybridized carbons (Fsp3) is 0.421. The van der Waals surface area contributed by atoms with Gasteiger partial charge in [0, 0.05) is 39.0 Å². The summed E-state index contributed by atoms with van der Waals surface area (Å²) in [5, 5.41) is 0. The van der Waals surface area contributed by atoms with Crippen molar-refractivity contribution in [1.82, 2.24) is 14.8 Å². The molecule has 2 atom stereocenters. The molecule has 128 valence electrons. The van der Waals surface area contributed by atoms with Gasteiger partial charge in [0.25, 0.3) is 5.91 Å². The zero-order chi connectivity index (χ0) is 17.1. The number of carbonyl (C=O) groups excluding carboxylic acids is 1. The maximum Gasteiger partial charge on any atom is 0.270 e. The molecule has 0 spiro atoms. The molecule has 24 heavy (non-hydrogen) atoms. The summed E-state index contributed by atoms with van der Waals surface area (Å²) in [5.41, 5.74) is 2.67. The minimum absolute atomic E-state index is 0.0199. The fourth-order valence-corrected chi connectivity index (χ4v) is 3.32. The second-order valence-corrected chi connectivity index (χ2v) is 6.52. The van der Waals surface area contributed by atoms with E-state index in [-0.39, 0.29) is 12.0 Å². The van der Waals surface area contributed by atoms with Gasteiger partial charge in [-0.25, -0.2) is 0 Å². The molecular weight excluding hydrogens is 302 g/mol. The summed E-state index contributed by atoms with van der Waals surface area (Å²) in [6.45, 7) is 1.62. The van der Waals surface area contributed by atoms with Crippen LogP contribution in [0.3, 0.4) is 0 Å². The van der Waals surface area contributed by atoms with E-state index in [0.29, 0.717) is 18.3 Å². The first-order valence-electron chi connectivity index (χ1n) is 8.31. The molecule has 1 aliphatic rings. The minimum atomic E-state index is 0.0199.